The molecular formula is C17H13ClF3N3OS2. The second kappa shape index (κ2) is 7.65. The number of hydrogen-bond acceptors (Lipinski definition) is 5. The summed E-state index contributed by atoms with van der Waals surface area (Å²) in [5.74, 6) is 0.0491. The van der Waals surface area contributed by atoms with Crippen molar-refractivity contribution in [2.45, 2.75) is 24.4 Å². The molecule has 27 heavy (non-hydrogen) atoms. The second-order valence-corrected chi connectivity index (χ2v) is 8.16. The Morgan fingerprint density at radius 2 is 2.04 bits per heavy atom. The molecular weight excluding hydrogens is 419 g/mol. The van der Waals surface area contributed by atoms with Gasteiger partial charge in [-0.1, -0.05) is 34.7 Å². The smallest absolute Gasteiger partial charge is 0.318 e. The first kappa shape index (κ1) is 19.9. The molecule has 2 heterocycles. The highest BCUT2D eigenvalue weighted by Gasteiger charge is 2.33. The quantitative estimate of drug-likeness (QED) is 0.390. The normalized spacial score (nSPS) is 11.8. The third-order valence-corrected chi connectivity index (χ3v) is 6.10. The molecule has 0 fully saturated rings. The van der Waals surface area contributed by atoms with Gasteiger partial charge < -0.3 is 4.57 Å². The Morgan fingerprint density at radius 1 is 1.30 bits per heavy atom. The molecule has 0 aliphatic rings. The number of halogens is 4. The molecule has 4 nitrogen and oxygen atoms in total. The van der Waals surface area contributed by atoms with Crippen molar-refractivity contribution in [2.75, 3.05) is 5.75 Å². The van der Waals surface area contributed by atoms with Gasteiger partial charge in [-0.25, -0.2) is 0 Å². The van der Waals surface area contributed by atoms with Crippen LogP contribution in [0.2, 0.25) is 5.02 Å². The summed E-state index contributed by atoms with van der Waals surface area (Å²) in [7, 11) is 0. The van der Waals surface area contributed by atoms with Crippen molar-refractivity contribution >= 4 is 40.5 Å². The fraction of sp³-hybridized carbons (Fsp3) is 0.235. The molecule has 0 bridgehead atoms. The number of rotatable bonds is 5. The molecule has 0 radical (unpaired) electrons. The summed E-state index contributed by atoms with van der Waals surface area (Å²) < 4.78 is 41.8. The Morgan fingerprint density at radius 3 is 2.67 bits per heavy atom. The highest BCUT2D eigenvalue weighted by Crippen LogP contribution is 2.36. The summed E-state index contributed by atoms with van der Waals surface area (Å²) in [5, 5.41) is 7.22. The lowest BCUT2D eigenvalue weighted by Crippen LogP contribution is -2.09. The first-order valence-corrected chi connectivity index (χ1v) is 9.91. The highest BCUT2D eigenvalue weighted by atomic mass is 35.5. The maximum absolute atomic E-state index is 13.2. The summed E-state index contributed by atoms with van der Waals surface area (Å²) in [5.41, 5.74) is 2.68. The molecule has 142 valence electrons. The summed E-state index contributed by atoms with van der Waals surface area (Å²) >= 11 is 8.31. The molecule has 0 aliphatic heterocycles. The fourth-order valence-electron chi connectivity index (χ4n) is 2.74. The van der Waals surface area contributed by atoms with Gasteiger partial charge in [-0.2, -0.15) is 13.2 Å². The molecule has 0 aliphatic carbocycles. The van der Waals surface area contributed by atoms with Gasteiger partial charge in [-0.15, -0.1) is 10.2 Å². The summed E-state index contributed by atoms with van der Waals surface area (Å²) in [6, 6.07) is 5.39. The number of aryl methyl sites for hydroxylation is 1. The van der Waals surface area contributed by atoms with E-state index >= 15 is 0 Å². The van der Waals surface area contributed by atoms with Crippen LogP contribution in [-0.2, 0) is 6.18 Å². The van der Waals surface area contributed by atoms with E-state index in [0.717, 1.165) is 6.07 Å². The van der Waals surface area contributed by atoms with Crippen molar-refractivity contribution in [3.8, 4) is 5.69 Å². The third-order valence-electron chi connectivity index (χ3n) is 3.91. The van der Waals surface area contributed by atoms with Crippen molar-refractivity contribution in [2.24, 2.45) is 0 Å². The minimum absolute atomic E-state index is 0.125. The van der Waals surface area contributed by atoms with Crippen molar-refractivity contribution in [1.82, 2.24) is 14.8 Å². The average molecular weight is 432 g/mol. The maximum atomic E-state index is 13.2. The predicted molar refractivity (Wildman–Crippen MR) is 100 cm³/mol. The van der Waals surface area contributed by atoms with Crippen LogP contribution in [-0.4, -0.2) is 26.3 Å². The lowest BCUT2D eigenvalue weighted by atomic mass is 10.1. The number of hydrogen-bond donors (Lipinski definition) is 0. The van der Waals surface area contributed by atoms with Crippen molar-refractivity contribution in [3.05, 3.63) is 57.3 Å². The standard InChI is InChI=1S/C17H13ClF3N3OS2/c1-9-5-12(15(25)7-26-16-23-22-8-27-16)10(2)24(9)11-3-4-14(18)13(6-11)17(19,20)21/h3-6,8H,7H2,1-2H3. The Balaban J connectivity index is 1.93. The van der Waals surface area contributed by atoms with Gasteiger partial charge in [0.15, 0.2) is 10.1 Å². The van der Waals surface area contributed by atoms with Crippen LogP contribution >= 0.6 is 34.7 Å². The molecule has 0 atom stereocenters. The zero-order valence-corrected chi connectivity index (χ0v) is 16.6. The average Bonchev–Trinajstić information content (AvgIpc) is 3.20. The van der Waals surface area contributed by atoms with E-state index in [9.17, 15) is 18.0 Å². The SMILES string of the molecule is Cc1cc(C(=O)CSc2nncs2)c(C)n1-c1ccc(Cl)c(C(F)(F)F)c1. The van der Waals surface area contributed by atoms with Gasteiger partial charge in [0.25, 0.3) is 0 Å². The number of Topliss-reactive ketones (excluding diaryl/α,β-unsaturated/α-hetero) is 1. The van der Waals surface area contributed by atoms with Crippen LogP contribution in [0, 0.1) is 13.8 Å². The zero-order valence-electron chi connectivity index (χ0n) is 14.2. The van der Waals surface area contributed by atoms with Gasteiger partial charge in [0.05, 0.1) is 16.3 Å². The lowest BCUT2D eigenvalue weighted by molar-refractivity contribution is -0.137. The molecule has 1 aromatic carbocycles. The molecule has 0 spiro atoms. The van der Waals surface area contributed by atoms with E-state index in [1.165, 1.54) is 35.2 Å². The van der Waals surface area contributed by atoms with Gasteiger partial charge in [0, 0.05) is 22.6 Å². The molecule has 0 saturated carbocycles. The van der Waals surface area contributed by atoms with Crippen LogP contribution in [0.5, 0.6) is 0 Å². The van der Waals surface area contributed by atoms with Crippen LogP contribution in [0.3, 0.4) is 0 Å². The summed E-state index contributed by atoms with van der Waals surface area (Å²) in [6.07, 6.45) is -4.56. The van der Waals surface area contributed by atoms with Crippen molar-refractivity contribution < 1.29 is 18.0 Å². The fourth-order valence-corrected chi connectivity index (χ4v) is 4.34. The van der Waals surface area contributed by atoms with Crippen molar-refractivity contribution in [1.29, 1.82) is 0 Å². The van der Waals surface area contributed by atoms with Crippen LogP contribution in [0.1, 0.15) is 27.3 Å². The zero-order chi connectivity index (χ0) is 19.8. The van der Waals surface area contributed by atoms with Gasteiger partial charge in [0.1, 0.15) is 5.51 Å². The van der Waals surface area contributed by atoms with Crippen LogP contribution in [0.4, 0.5) is 13.2 Å². The first-order chi connectivity index (χ1) is 12.7. The predicted octanol–water partition coefficient (Wildman–Crippen LogP) is 5.59. The largest absolute Gasteiger partial charge is 0.417 e. The first-order valence-electron chi connectivity index (χ1n) is 7.66. The number of carbonyl (C=O) groups excluding carboxylic acids is 1. The minimum atomic E-state index is -4.56. The number of carbonyl (C=O) groups is 1. The topological polar surface area (TPSA) is 47.8 Å². The highest BCUT2D eigenvalue weighted by molar-refractivity contribution is 8.01. The molecule has 0 N–H and O–H groups in total. The van der Waals surface area contributed by atoms with E-state index in [4.69, 9.17) is 11.6 Å². The van der Waals surface area contributed by atoms with Crippen LogP contribution in [0.25, 0.3) is 5.69 Å². The maximum Gasteiger partial charge on any atom is 0.417 e. The number of ketones is 1. The summed E-state index contributed by atoms with van der Waals surface area (Å²) in [4.78, 5) is 12.6. The van der Waals surface area contributed by atoms with Gasteiger partial charge >= 0.3 is 6.18 Å². The minimum Gasteiger partial charge on any atom is -0.318 e. The molecule has 0 unspecified atom stereocenters. The molecule has 3 rings (SSSR count). The number of benzene rings is 1. The van der Waals surface area contributed by atoms with Gasteiger partial charge in [-0.3, -0.25) is 4.79 Å². The van der Waals surface area contributed by atoms with Crippen LogP contribution < -0.4 is 0 Å². The van der Waals surface area contributed by atoms with E-state index in [1.807, 2.05) is 0 Å². The summed E-state index contributed by atoms with van der Waals surface area (Å²) in [6.45, 7) is 3.45. The Labute approximate surface area is 166 Å². The van der Waals surface area contributed by atoms with E-state index in [2.05, 4.69) is 10.2 Å². The molecule has 0 saturated heterocycles. The Kier molecular flexibility index (Phi) is 5.64. The number of nitrogens with zero attached hydrogens (tertiary/aromatic N) is 3. The third kappa shape index (κ3) is 4.20. The number of alkyl halides is 3. The van der Waals surface area contributed by atoms with Gasteiger partial charge in [-0.05, 0) is 38.1 Å². The number of aromatic nitrogens is 3. The van der Waals surface area contributed by atoms with Crippen molar-refractivity contribution in [3.63, 3.8) is 0 Å². The molecule has 3 aromatic rings. The molecule has 2 aromatic heterocycles. The Hall–Kier alpha value is -1.84. The van der Waals surface area contributed by atoms with Crippen LogP contribution in [0.15, 0.2) is 34.1 Å². The van der Waals surface area contributed by atoms with E-state index in [-0.39, 0.29) is 16.6 Å². The lowest BCUT2D eigenvalue weighted by Gasteiger charge is -2.14. The van der Waals surface area contributed by atoms with E-state index in [0.29, 0.717) is 27.0 Å². The van der Waals surface area contributed by atoms with E-state index in [1.54, 1.807) is 30.0 Å². The van der Waals surface area contributed by atoms with Gasteiger partial charge in [0.2, 0.25) is 0 Å². The Bertz CT molecular complexity index is 984. The van der Waals surface area contributed by atoms with E-state index < -0.39 is 11.7 Å². The monoisotopic (exact) mass is 431 g/mol. The number of thioether (sulfide) groups is 1. The molecule has 0 amide bonds. The second-order valence-electron chi connectivity index (χ2n) is 5.70. The molecule has 10 heteroatoms.